The molecule has 0 aliphatic heterocycles. The minimum absolute atomic E-state index is 0.238. The molecule has 1 aromatic carbocycles. The van der Waals surface area contributed by atoms with E-state index in [9.17, 15) is 9.50 Å². The van der Waals surface area contributed by atoms with Crippen LogP contribution in [0.15, 0.2) is 30.3 Å². The number of thiophene rings is 1. The van der Waals surface area contributed by atoms with E-state index in [1.54, 1.807) is 30.4 Å². The molecule has 84 valence electrons. The average molecular weight is 236 g/mol. The van der Waals surface area contributed by atoms with Crippen LogP contribution in [0.1, 0.15) is 27.0 Å². The van der Waals surface area contributed by atoms with Crippen LogP contribution in [0.3, 0.4) is 0 Å². The third kappa shape index (κ3) is 2.15. The lowest BCUT2D eigenvalue weighted by Crippen LogP contribution is -1.98. The first-order chi connectivity index (χ1) is 7.58. The largest absolute Gasteiger partial charge is 0.383 e. The molecular formula is C13H13FOS. The lowest BCUT2D eigenvalue weighted by atomic mass is 10.1. The van der Waals surface area contributed by atoms with Crippen LogP contribution in [0.2, 0.25) is 0 Å². The second-order valence-electron chi connectivity index (χ2n) is 3.86. The molecule has 1 atom stereocenters. The summed E-state index contributed by atoms with van der Waals surface area (Å²) < 4.78 is 13.1. The highest BCUT2D eigenvalue weighted by atomic mass is 32.1. The smallest absolute Gasteiger partial charge is 0.126 e. The summed E-state index contributed by atoms with van der Waals surface area (Å²) in [5.41, 5.74) is 1.30. The maximum absolute atomic E-state index is 13.1. The highest BCUT2D eigenvalue weighted by Crippen LogP contribution is 2.28. The molecule has 0 unspecified atom stereocenters. The molecule has 0 aliphatic rings. The van der Waals surface area contributed by atoms with Crippen molar-refractivity contribution in [1.29, 1.82) is 0 Å². The molecule has 1 aromatic heterocycles. The van der Waals surface area contributed by atoms with E-state index in [0.717, 1.165) is 15.3 Å². The molecule has 0 spiro atoms. The van der Waals surface area contributed by atoms with Gasteiger partial charge < -0.3 is 5.11 Å². The second-order valence-corrected chi connectivity index (χ2v) is 5.18. The maximum Gasteiger partial charge on any atom is 0.126 e. The summed E-state index contributed by atoms with van der Waals surface area (Å²) in [5, 5.41) is 10.1. The number of aliphatic hydroxyl groups excluding tert-OH is 1. The van der Waals surface area contributed by atoms with E-state index in [1.165, 1.54) is 6.07 Å². The summed E-state index contributed by atoms with van der Waals surface area (Å²) in [5.74, 6) is -0.238. The normalized spacial score (nSPS) is 12.8. The fourth-order valence-electron chi connectivity index (χ4n) is 1.60. The first-order valence-corrected chi connectivity index (χ1v) is 5.90. The van der Waals surface area contributed by atoms with E-state index in [2.05, 4.69) is 0 Å². The zero-order chi connectivity index (χ0) is 11.7. The van der Waals surface area contributed by atoms with Gasteiger partial charge in [0.1, 0.15) is 11.9 Å². The Morgan fingerprint density at radius 2 is 1.94 bits per heavy atom. The van der Waals surface area contributed by atoms with Gasteiger partial charge in [0.05, 0.1) is 0 Å². The van der Waals surface area contributed by atoms with E-state index < -0.39 is 6.10 Å². The SMILES string of the molecule is Cc1ccc([C@H](O)c2ccc(F)c(C)c2)s1. The topological polar surface area (TPSA) is 20.2 Å². The van der Waals surface area contributed by atoms with E-state index in [-0.39, 0.29) is 5.82 Å². The van der Waals surface area contributed by atoms with Crippen LogP contribution >= 0.6 is 11.3 Å². The highest BCUT2D eigenvalue weighted by Gasteiger charge is 2.13. The van der Waals surface area contributed by atoms with E-state index >= 15 is 0 Å². The van der Waals surface area contributed by atoms with Crippen LogP contribution < -0.4 is 0 Å². The Labute approximate surface area is 98.2 Å². The first kappa shape index (κ1) is 11.3. The fourth-order valence-corrected chi connectivity index (χ4v) is 2.49. The Morgan fingerprint density at radius 1 is 1.19 bits per heavy atom. The molecule has 0 amide bonds. The molecule has 0 fully saturated rings. The Morgan fingerprint density at radius 3 is 2.50 bits per heavy atom. The van der Waals surface area contributed by atoms with Crippen LogP contribution in [0.25, 0.3) is 0 Å². The molecule has 0 saturated carbocycles. The van der Waals surface area contributed by atoms with Crippen molar-refractivity contribution in [2.75, 3.05) is 0 Å². The average Bonchev–Trinajstić information content (AvgIpc) is 2.68. The number of aliphatic hydroxyl groups is 1. The quantitative estimate of drug-likeness (QED) is 0.845. The van der Waals surface area contributed by atoms with Gasteiger partial charge >= 0.3 is 0 Å². The number of hydrogen-bond donors (Lipinski definition) is 1. The molecule has 1 heterocycles. The van der Waals surface area contributed by atoms with Crippen molar-refractivity contribution in [3.05, 3.63) is 57.0 Å². The summed E-state index contributed by atoms with van der Waals surface area (Å²) in [6, 6.07) is 8.59. The maximum atomic E-state index is 13.1. The number of benzene rings is 1. The summed E-state index contributed by atoms with van der Waals surface area (Å²) in [6.45, 7) is 3.70. The first-order valence-electron chi connectivity index (χ1n) is 5.08. The predicted octanol–water partition coefficient (Wildman–Crippen LogP) is 3.59. The summed E-state index contributed by atoms with van der Waals surface area (Å²) in [7, 11) is 0. The number of rotatable bonds is 2. The molecule has 2 aromatic rings. The zero-order valence-corrected chi connectivity index (χ0v) is 10.0. The summed E-state index contributed by atoms with van der Waals surface area (Å²) in [4.78, 5) is 2.05. The van der Waals surface area contributed by atoms with Gasteiger partial charge in [-0.25, -0.2) is 4.39 Å². The van der Waals surface area contributed by atoms with Crippen molar-refractivity contribution in [1.82, 2.24) is 0 Å². The van der Waals surface area contributed by atoms with Gasteiger partial charge in [0, 0.05) is 9.75 Å². The van der Waals surface area contributed by atoms with Gasteiger partial charge in [0.15, 0.2) is 0 Å². The van der Waals surface area contributed by atoms with Gasteiger partial charge in [-0.15, -0.1) is 11.3 Å². The monoisotopic (exact) mass is 236 g/mol. The highest BCUT2D eigenvalue weighted by molar-refractivity contribution is 7.12. The van der Waals surface area contributed by atoms with Crippen molar-refractivity contribution in [2.24, 2.45) is 0 Å². The standard InChI is InChI=1S/C13H13FOS/c1-8-7-10(4-5-11(8)14)13(15)12-6-3-9(2)16-12/h3-7,13,15H,1-2H3/t13-/m1/s1. The van der Waals surface area contributed by atoms with Crippen LogP contribution in [0.4, 0.5) is 4.39 Å². The third-order valence-corrected chi connectivity index (χ3v) is 3.58. The van der Waals surface area contributed by atoms with Gasteiger partial charge in [-0.2, -0.15) is 0 Å². The molecule has 16 heavy (non-hydrogen) atoms. The number of halogens is 1. The zero-order valence-electron chi connectivity index (χ0n) is 9.20. The molecular weight excluding hydrogens is 223 g/mol. The van der Waals surface area contributed by atoms with Crippen LogP contribution in [-0.2, 0) is 0 Å². The molecule has 0 saturated heterocycles. The Balaban J connectivity index is 2.33. The second kappa shape index (κ2) is 4.36. The van der Waals surface area contributed by atoms with Crippen LogP contribution in [0, 0.1) is 19.7 Å². The third-order valence-electron chi connectivity index (χ3n) is 2.53. The fraction of sp³-hybridized carbons (Fsp3) is 0.231. The van der Waals surface area contributed by atoms with E-state index in [0.29, 0.717) is 5.56 Å². The molecule has 0 aliphatic carbocycles. The summed E-state index contributed by atoms with van der Waals surface area (Å²) >= 11 is 1.56. The van der Waals surface area contributed by atoms with Crippen LogP contribution in [0.5, 0.6) is 0 Å². The summed E-state index contributed by atoms with van der Waals surface area (Å²) in [6.07, 6.45) is -0.655. The predicted molar refractivity (Wildman–Crippen MR) is 64.3 cm³/mol. The molecule has 1 N–H and O–H groups in total. The van der Waals surface area contributed by atoms with Gasteiger partial charge in [0.2, 0.25) is 0 Å². The van der Waals surface area contributed by atoms with Gasteiger partial charge in [-0.1, -0.05) is 12.1 Å². The van der Waals surface area contributed by atoms with E-state index in [4.69, 9.17) is 0 Å². The minimum atomic E-state index is -0.655. The molecule has 0 radical (unpaired) electrons. The van der Waals surface area contributed by atoms with Crippen LogP contribution in [-0.4, -0.2) is 5.11 Å². The lowest BCUT2D eigenvalue weighted by molar-refractivity contribution is 0.224. The van der Waals surface area contributed by atoms with Gasteiger partial charge in [-0.3, -0.25) is 0 Å². The van der Waals surface area contributed by atoms with Crippen molar-refractivity contribution in [2.45, 2.75) is 20.0 Å². The Kier molecular flexibility index (Phi) is 3.08. The Bertz CT molecular complexity index is 504. The molecule has 3 heteroatoms. The minimum Gasteiger partial charge on any atom is -0.383 e. The molecule has 0 bridgehead atoms. The lowest BCUT2D eigenvalue weighted by Gasteiger charge is -2.09. The van der Waals surface area contributed by atoms with Crippen molar-refractivity contribution in [3.8, 4) is 0 Å². The van der Waals surface area contributed by atoms with Crippen molar-refractivity contribution < 1.29 is 9.50 Å². The van der Waals surface area contributed by atoms with Crippen molar-refractivity contribution in [3.63, 3.8) is 0 Å². The van der Waals surface area contributed by atoms with Gasteiger partial charge in [0.25, 0.3) is 0 Å². The van der Waals surface area contributed by atoms with Crippen molar-refractivity contribution >= 4 is 11.3 Å². The van der Waals surface area contributed by atoms with E-state index in [1.807, 2.05) is 19.1 Å². The number of hydrogen-bond acceptors (Lipinski definition) is 2. The van der Waals surface area contributed by atoms with Gasteiger partial charge in [-0.05, 0) is 43.2 Å². The number of aryl methyl sites for hydroxylation is 2. The Hall–Kier alpha value is -1.19. The molecule has 2 rings (SSSR count). The molecule has 1 nitrogen and oxygen atoms in total.